The van der Waals surface area contributed by atoms with Crippen molar-refractivity contribution >= 4 is 44.3 Å². The van der Waals surface area contributed by atoms with Crippen molar-refractivity contribution in [3.05, 3.63) is 70.7 Å². The maximum Gasteiger partial charge on any atom is 0.279 e. The molecule has 1 amide bonds. The predicted octanol–water partition coefficient (Wildman–Crippen LogP) is 3.25. The summed E-state index contributed by atoms with van der Waals surface area (Å²) in [5, 5.41) is 1.06. The van der Waals surface area contributed by atoms with Crippen LogP contribution in [-0.4, -0.2) is 47.2 Å². The van der Waals surface area contributed by atoms with E-state index in [0.717, 1.165) is 5.56 Å². The van der Waals surface area contributed by atoms with Gasteiger partial charge in [-0.2, -0.15) is 4.99 Å². The Hall–Kier alpha value is -1.83. The van der Waals surface area contributed by atoms with E-state index in [2.05, 4.69) is 4.99 Å². The SMILES string of the molecule is O=C(N=C1S[C@@H]2CS(=O)(=O)C[C@@H]2N1Cc1ccccc1Cl)c1ccccc1. The molecular formula is C19H17ClN2O3S2. The highest BCUT2D eigenvalue weighted by molar-refractivity contribution is 8.15. The quantitative estimate of drug-likeness (QED) is 0.762. The number of thioether (sulfide) groups is 1. The summed E-state index contributed by atoms with van der Waals surface area (Å²) in [6.45, 7) is 0.421. The van der Waals surface area contributed by atoms with Crippen LogP contribution in [0.5, 0.6) is 0 Å². The lowest BCUT2D eigenvalue weighted by Crippen LogP contribution is -2.37. The Labute approximate surface area is 167 Å². The van der Waals surface area contributed by atoms with Gasteiger partial charge in [-0.15, -0.1) is 0 Å². The molecule has 0 aliphatic carbocycles. The second-order valence-electron chi connectivity index (χ2n) is 6.59. The Kier molecular flexibility index (Phi) is 5.01. The minimum atomic E-state index is -3.08. The molecule has 2 aliphatic rings. The molecule has 0 unspecified atom stereocenters. The standard InChI is InChI=1S/C19H17ClN2O3S2/c20-15-9-5-4-8-14(15)10-22-16-11-27(24,25)12-17(16)26-19(22)21-18(23)13-6-2-1-3-7-13/h1-9,16-17H,10-12H2/t16-,17+/m0/s1. The smallest absolute Gasteiger partial charge is 0.279 e. The first-order chi connectivity index (χ1) is 12.9. The molecule has 140 valence electrons. The van der Waals surface area contributed by atoms with Gasteiger partial charge in [0.1, 0.15) is 0 Å². The van der Waals surface area contributed by atoms with Gasteiger partial charge in [0.05, 0.1) is 17.5 Å². The van der Waals surface area contributed by atoms with Gasteiger partial charge in [0.15, 0.2) is 15.0 Å². The summed E-state index contributed by atoms with van der Waals surface area (Å²) in [6.07, 6.45) is 0. The van der Waals surface area contributed by atoms with Crippen LogP contribution in [0.4, 0.5) is 0 Å². The van der Waals surface area contributed by atoms with Crippen molar-refractivity contribution in [1.82, 2.24) is 4.90 Å². The summed E-state index contributed by atoms with van der Waals surface area (Å²) in [4.78, 5) is 18.8. The third-order valence-corrected chi connectivity index (χ3v) is 8.31. The van der Waals surface area contributed by atoms with Gasteiger partial charge in [0.25, 0.3) is 5.91 Å². The van der Waals surface area contributed by atoms with Crippen molar-refractivity contribution in [3.8, 4) is 0 Å². The first kappa shape index (κ1) is 18.5. The van der Waals surface area contributed by atoms with Gasteiger partial charge >= 0.3 is 0 Å². The second-order valence-corrected chi connectivity index (χ2v) is 10.4. The van der Waals surface area contributed by atoms with Crippen LogP contribution >= 0.6 is 23.4 Å². The van der Waals surface area contributed by atoms with Crippen LogP contribution < -0.4 is 0 Å². The monoisotopic (exact) mass is 420 g/mol. The largest absolute Gasteiger partial charge is 0.342 e. The molecule has 27 heavy (non-hydrogen) atoms. The number of rotatable bonds is 3. The molecule has 2 aromatic carbocycles. The average molecular weight is 421 g/mol. The average Bonchev–Trinajstić information content (AvgIpc) is 3.10. The summed E-state index contributed by atoms with van der Waals surface area (Å²) in [5.41, 5.74) is 1.39. The number of aliphatic imine (C=N–C) groups is 1. The Balaban J connectivity index is 1.67. The van der Waals surface area contributed by atoms with Crippen LogP contribution in [0.2, 0.25) is 5.02 Å². The third kappa shape index (κ3) is 3.90. The van der Waals surface area contributed by atoms with Gasteiger partial charge in [-0.1, -0.05) is 59.8 Å². The summed E-state index contributed by atoms with van der Waals surface area (Å²) < 4.78 is 24.2. The van der Waals surface area contributed by atoms with Crippen LogP contribution in [0.15, 0.2) is 59.6 Å². The summed E-state index contributed by atoms with van der Waals surface area (Å²) >= 11 is 7.67. The van der Waals surface area contributed by atoms with Crippen LogP contribution in [0.25, 0.3) is 0 Å². The number of hydrogen-bond acceptors (Lipinski definition) is 4. The van der Waals surface area contributed by atoms with Gasteiger partial charge in [-0.3, -0.25) is 4.79 Å². The maximum absolute atomic E-state index is 12.5. The zero-order valence-electron chi connectivity index (χ0n) is 14.3. The van der Waals surface area contributed by atoms with Crippen molar-refractivity contribution in [1.29, 1.82) is 0 Å². The molecule has 0 bridgehead atoms. The number of nitrogens with zero attached hydrogens (tertiary/aromatic N) is 2. The van der Waals surface area contributed by atoms with Gasteiger partial charge in [0, 0.05) is 22.4 Å². The molecular weight excluding hydrogens is 404 g/mol. The van der Waals surface area contributed by atoms with Gasteiger partial charge in [0.2, 0.25) is 0 Å². The molecule has 2 saturated heterocycles. The Morgan fingerprint density at radius 3 is 2.56 bits per heavy atom. The first-order valence-electron chi connectivity index (χ1n) is 8.48. The maximum atomic E-state index is 12.5. The normalized spacial score (nSPS) is 24.9. The van der Waals surface area contributed by atoms with E-state index in [-0.39, 0.29) is 28.7 Å². The zero-order valence-corrected chi connectivity index (χ0v) is 16.7. The lowest BCUT2D eigenvalue weighted by Gasteiger charge is -2.25. The highest BCUT2D eigenvalue weighted by atomic mass is 35.5. The van der Waals surface area contributed by atoms with Crippen molar-refractivity contribution in [3.63, 3.8) is 0 Å². The van der Waals surface area contributed by atoms with Crippen LogP contribution in [0.1, 0.15) is 15.9 Å². The second kappa shape index (κ2) is 7.30. The molecule has 2 atom stereocenters. The Morgan fingerprint density at radius 2 is 1.81 bits per heavy atom. The molecule has 2 aliphatic heterocycles. The van der Waals surface area contributed by atoms with E-state index >= 15 is 0 Å². The molecule has 0 aromatic heterocycles. The number of carbonyl (C=O) groups is 1. The fourth-order valence-corrected chi connectivity index (χ4v) is 7.51. The number of amides is 1. The highest BCUT2D eigenvalue weighted by Gasteiger charge is 2.48. The van der Waals surface area contributed by atoms with E-state index in [1.165, 1.54) is 11.8 Å². The van der Waals surface area contributed by atoms with Gasteiger partial charge < -0.3 is 4.90 Å². The van der Waals surface area contributed by atoms with Crippen molar-refractivity contribution in [2.75, 3.05) is 11.5 Å². The summed E-state index contributed by atoms with van der Waals surface area (Å²) in [5.74, 6) is -0.141. The molecule has 4 rings (SSSR count). The molecule has 0 radical (unpaired) electrons. The fourth-order valence-electron chi connectivity index (χ4n) is 3.36. The van der Waals surface area contributed by atoms with E-state index in [9.17, 15) is 13.2 Å². The number of benzene rings is 2. The Morgan fingerprint density at radius 1 is 1.11 bits per heavy atom. The lowest BCUT2D eigenvalue weighted by atomic mass is 10.1. The van der Waals surface area contributed by atoms with Crippen molar-refractivity contribution in [2.45, 2.75) is 17.8 Å². The van der Waals surface area contributed by atoms with E-state index in [1.807, 2.05) is 29.2 Å². The van der Waals surface area contributed by atoms with Gasteiger partial charge in [-0.25, -0.2) is 8.42 Å². The Bertz CT molecular complexity index is 1010. The zero-order chi connectivity index (χ0) is 19.0. The summed E-state index contributed by atoms with van der Waals surface area (Å²) in [6, 6.07) is 16.1. The van der Waals surface area contributed by atoms with E-state index in [1.54, 1.807) is 30.3 Å². The van der Waals surface area contributed by atoms with Crippen molar-refractivity contribution < 1.29 is 13.2 Å². The van der Waals surface area contributed by atoms with Crippen LogP contribution in [0, 0.1) is 0 Å². The molecule has 2 fully saturated rings. The third-order valence-electron chi connectivity index (χ3n) is 4.69. The lowest BCUT2D eigenvalue weighted by molar-refractivity contribution is 0.100. The number of sulfone groups is 1. The minimum absolute atomic E-state index is 0.0771. The molecule has 2 heterocycles. The first-order valence-corrected chi connectivity index (χ1v) is 11.6. The number of carbonyl (C=O) groups excluding carboxylic acids is 1. The summed E-state index contributed by atoms with van der Waals surface area (Å²) in [7, 11) is -3.08. The molecule has 5 nitrogen and oxygen atoms in total. The van der Waals surface area contributed by atoms with Crippen molar-refractivity contribution in [2.24, 2.45) is 4.99 Å². The number of halogens is 1. The van der Waals surface area contributed by atoms with Crippen LogP contribution in [0.3, 0.4) is 0 Å². The van der Waals surface area contributed by atoms with E-state index in [0.29, 0.717) is 22.3 Å². The van der Waals surface area contributed by atoms with E-state index in [4.69, 9.17) is 11.6 Å². The minimum Gasteiger partial charge on any atom is -0.342 e. The number of fused-ring (bicyclic) bond motifs is 1. The molecule has 0 N–H and O–H groups in total. The number of hydrogen-bond donors (Lipinski definition) is 0. The van der Waals surface area contributed by atoms with E-state index < -0.39 is 9.84 Å². The van der Waals surface area contributed by atoms with Gasteiger partial charge in [-0.05, 0) is 23.8 Å². The molecule has 0 spiro atoms. The number of amidine groups is 1. The molecule has 2 aromatic rings. The fraction of sp³-hybridized carbons (Fsp3) is 0.263. The highest BCUT2D eigenvalue weighted by Crippen LogP contribution is 2.39. The molecule has 8 heteroatoms. The predicted molar refractivity (Wildman–Crippen MR) is 109 cm³/mol. The molecule has 0 saturated carbocycles. The topological polar surface area (TPSA) is 66.8 Å². The van der Waals surface area contributed by atoms with Crippen LogP contribution in [-0.2, 0) is 16.4 Å².